The number of methoxy groups -OCH3 is 1. The predicted molar refractivity (Wildman–Crippen MR) is 120 cm³/mol. The van der Waals surface area contributed by atoms with Crippen LogP contribution < -0.4 is 20.5 Å². The van der Waals surface area contributed by atoms with Crippen LogP contribution in [-0.4, -0.2) is 27.1 Å². The molecule has 3 aromatic carbocycles. The van der Waals surface area contributed by atoms with Gasteiger partial charge in [-0.15, -0.1) is 0 Å². The molecule has 4 rings (SSSR count). The minimum absolute atomic E-state index is 0.0466. The second-order valence-corrected chi connectivity index (χ2v) is 7.49. The molecule has 1 unspecified atom stereocenters. The quantitative estimate of drug-likeness (QED) is 0.580. The second kappa shape index (κ2) is 9.97. The third-order valence-electron chi connectivity index (χ3n) is 4.96. The molecule has 0 radical (unpaired) electrons. The highest BCUT2D eigenvalue weighted by molar-refractivity contribution is 6.34. The Kier molecular flexibility index (Phi) is 7.33. The Morgan fingerprint density at radius 2 is 1.81 bits per heavy atom. The van der Waals surface area contributed by atoms with Crippen LogP contribution in [0.15, 0.2) is 48.5 Å². The fourth-order valence-corrected chi connectivity index (χ4v) is 3.87. The third kappa shape index (κ3) is 4.40. The summed E-state index contributed by atoms with van der Waals surface area (Å²) in [6.07, 6.45) is -0.0719. The lowest BCUT2D eigenvalue weighted by molar-refractivity contribution is 0.100. The van der Waals surface area contributed by atoms with Gasteiger partial charge in [-0.3, -0.25) is 4.79 Å². The molecule has 0 aliphatic carbocycles. The molecule has 0 saturated carbocycles. The van der Waals surface area contributed by atoms with Gasteiger partial charge in [0.15, 0.2) is 11.6 Å². The van der Waals surface area contributed by atoms with Crippen LogP contribution in [0.25, 0.3) is 11.1 Å². The van der Waals surface area contributed by atoms with E-state index in [0.29, 0.717) is 12.0 Å². The Labute approximate surface area is 190 Å². The first-order valence-electron chi connectivity index (χ1n) is 9.81. The van der Waals surface area contributed by atoms with E-state index >= 15 is 4.39 Å². The Balaban J connectivity index is 0.000000913. The van der Waals surface area contributed by atoms with Crippen LogP contribution in [0, 0.1) is 11.6 Å². The number of carbonyl (C=O) groups excluding carboxylic acids is 1. The SMILES string of the molecule is CNC.COc1ccc(C(N)=O)c(-c2c(Cl)c(F)cc3c2CC(c2ccccc2)O3)c1F. The zero-order valence-electron chi connectivity index (χ0n) is 17.8. The number of fused-ring (bicyclic) bond motifs is 1. The second-order valence-electron chi connectivity index (χ2n) is 7.11. The van der Waals surface area contributed by atoms with E-state index in [1.165, 1.54) is 25.3 Å². The zero-order valence-corrected chi connectivity index (χ0v) is 18.6. The molecule has 0 fully saturated rings. The van der Waals surface area contributed by atoms with Crippen LogP contribution in [0.3, 0.4) is 0 Å². The van der Waals surface area contributed by atoms with Crippen molar-refractivity contribution in [2.75, 3.05) is 21.2 Å². The summed E-state index contributed by atoms with van der Waals surface area (Å²) < 4.78 is 40.8. The van der Waals surface area contributed by atoms with Gasteiger partial charge in [-0.25, -0.2) is 8.78 Å². The van der Waals surface area contributed by atoms with Crippen molar-refractivity contribution in [2.45, 2.75) is 12.5 Å². The van der Waals surface area contributed by atoms with E-state index in [-0.39, 0.29) is 33.2 Å². The first-order chi connectivity index (χ1) is 15.3. The number of primary amides is 1. The van der Waals surface area contributed by atoms with Crippen LogP contribution in [0.1, 0.15) is 27.6 Å². The highest BCUT2D eigenvalue weighted by atomic mass is 35.5. The Bertz CT molecular complexity index is 1140. The van der Waals surface area contributed by atoms with E-state index in [1.54, 1.807) is 0 Å². The predicted octanol–water partition coefficient (Wildman–Crippen LogP) is 4.90. The van der Waals surface area contributed by atoms with Crippen molar-refractivity contribution in [1.82, 2.24) is 5.32 Å². The highest BCUT2D eigenvalue weighted by Crippen LogP contribution is 2.48. The average Bonchev–Trinajstić information content (AvgIpc) is 3.19. The highest BCUT2D eigenvalue weighted by Gasteiger charge is 2.33. The Hall–Kier alpha value is -3.16. The molecule has 1 aliphatic rings. The molecule has 1 heterocycles. The standard InChI is InChI=1S/C22H16ClF2NO3.C2H7N/c1-28-15-8-7-12(22(26)27)19(21(15)25)18-13-9-16(11-5-3-2-4-6-11)29-17(13)10-14(24)20(18)23;1-3-2/h2-8,10,16H,9H2,1H3,(H2,26,27);3H,1-2H3. The van der Waals surface area contributed by atoms with E-state index in [4.69, 9.17) is 26.8 Å². The van der Waals surface area contributed by atoms with Gasteiger partial charge in [0.25, 0.3) is 0 Å². The summed E-state index contributed by atoms with van der Waals surface area (Å²) in [4.78, 5) is 12.0. The fraction of sp³-hybridized carbons (Fsp3) is 0.208. The van der Waals surface area contributed by atoms with Crippen molar-refractivity contribution >= 4 is 17.5 Å². The molecular weight excluding hydrogens is 438 g/mol. The molecule has 168 valence electrons. The summed E-state index contributed by atoms with van der Waals surface area (Å²) in [5, 5.41) is 2.44. The molecule has 0 saturated heterocycles. The number of amides is 1. The Morgan fingerprint density at radius 3 is 2.41 bits per heavy atom. The molecule has 32 heavy (non-hydrogen) atoms. The first kappa shape index (κ1) is 23.5. The maximum atomic E-state index is 15.2. The number of halogens is 3. The topological polar surface area (TPSA) is 73.6 Å². The normalized spacial score (nSPS) is 14.1. The van der Waals surface area contributed by atoms with E-state index < -0.39 is 23.6 Å². The molecule has 1 amide bonds. The van der Waals surface area contributed by atoms with Crippen LogP contribution in [0.2, 0.25) is 5.02 Å². The van der Waals surface area contributed by atoms with Gasteiger partial charge in [-0.1, -0.05) is 41.9 Å². The number of hydrogen-bond acceptors (Lipinski definition) is 4. The number of rotatable bonds is 4. The zero-order chi connectivity index (χ0) is 23.4. The smallest absolute Gasteiger partial charge is 0.249 e. The summed E-state index contributed by atoms with van der Waals surface area (Å²) in [6.45, 7) is 0. The molecule has 0 aromatic heterocycles. The first-order valence-corrected chi connectivity index (χ1v) is 10.2. The van der Waals surface area contributed by atoms with Gasteiger partial charge in [0.05, 0.1) is 17.7 Å². The lowest BCUT2D eigenvalue weighted by Gasteiger charge is -2.16. The summed E-state index contributed by atoms with van der Waals surface area (Å²) in [7, 11) is 5.04. The summed E-state index contributed by atoms with van der Waals surface area (Å²) in [5.74, 6) is -2.37. The van der Waals surface area contributed by atoms with Gasteiger partial charge < -0.3 is 20.5 Å². The number of benzene rings is 3. The average molecular weight is 461 g/mol. The minimum atomic E-state index is -0.867. The van der Waals surface area contributed by atoms with Gasteiger partial charge in [-0.05, 0) is 31.8 Å². The monoisotopic (exact) mass is 460 g/mol. The van der Waals surface area contributed by atoms with Crippen molar-refractivity contribution in [2.24, 2.45) is 5.73 Å². The molecule has 3 N–H and O–H groups in total. The molecule has 0 bridgehead atoms. The van der Waals surface area contributed by atoms with Crippen molar-refractivity contribution in [3.05, 3.63) is 81.9 Å². The lowest BCUT2D eigenvalue weighted by atomic mass is 9.91. The molecule has 1 atom stereocenters. The van der Waals surface area contributed by atoms with Crippen molar-refractivity contribution in [1.29, 1.82) is 0 Å². The third-order valence-corrected chi connectivity index (χ3v) is 5.33. The largest absolute Gasteiger partial charge is 0.494 e. The van der Waals surface area contributed by atoms with E-state index in [0.717, 1.165) is 5.56 Å². The van der Waals surface area contributed by atoms with Gasteiger partial charge in [0, 0.05) is 29.2 Å². The van der Waals surface area contributed by atoms with Crippen molar-refractivity contribution < 1.29 is 23.0 Å². The number of carbonyl (C=O) groups is 1. The van der Waals surface area contributed by atoms with E-state index in [2.05, 4.69) is 5.32 Å². The summed E-state index contributed by atoms with van der Waals surface area (Å²) in [5.41, 5.74) is 6.55. The van der Waals surface area contributed by atoms with Crippen LogP contribution in [0.4, 0.5) is 8.78 Å². The van der Waals surface area contributed by atoms with Crippen LogP contribution >= 0.6 is 11.6 Å². The maximum Gasteiger partial charge on any atom is 0.249 e. The van der Waals surface area contributed by atoms with Gasteiger partial charge >= 0.3 is 0 Å². The fourth-order valence-electron chi connectivity index (χ4n) is 3.61. The molecule has 1 aliphatic heterocycles. The molecular formula is C24H23ClF2N2O3. The van der Waals surface area contributed by atoms with E-state index in [1.807, 2.05) is 44.4 Å². The summed E-state index contributed by atoms with van der Waals surface area (Å²) >= 11 is 6.26. The Morgan fingerprint density at radius 1 is 1.16 bits per heavy atom. The van der Waals surface area contributed by atoms with Crippen LogP contribution in [-0.2, 0) is 6.42 Å². The maximum absolute atomic E-state index is 15.2. The number of nitrogens with one attached hydrogen (secondary N) is 1. The molecule has 0 spiro atoms. The minimum Gasteiger partial charge on any atom is -0.494 e. The van der Waals surface area contributed by atoms with Gasteiger partial charge in [-0.2, -0.15) is 0 Å². The van der Waals surface area contributed by atoms with Crippen molar-refractivity contribution in [3.63, 3.8) is 0 Å². The molecule has 5 nitrogen and oxygen atoms in total. The van der Waals surface area contributed by atoms with E-state index in [9.17, 15) is 9.18 Å². The number of hydrogen-bond donors (Lipinski definition) is 2. The van der Waals surface area contributed by atoms with Gasteiger partial charge in [0.2, 0.25) is 5.91 Å². The molecule has 8 heteroatoms. The number of nitrogens with two attached hydrogens (primary N) is 1. The molecule has 3 aromatic rings. The lowest BCUT2D eigenvalue weighted by Crippen LogP contribution is -2.14. The van der Waals surface area contributed by atoms with Gasteiger partial charge in [0.1, 0.15) is 17.7 Å². The summed E-state index contributed by atoms with van der Waals surface area (Å²) in [6, 6.07) is 13.2. The van der Waals surface area contributed by atoms with Crippen molar-refractivity contribution in [3.8, 4) is 22.6 Å². The van der Waals surface area contributed by atoms with Crippen LogP contribution in [0.5, 0.6) is 11.5 Å². The number of ether oxygens (including phenoxy) is 2.